The van der Waals surface area contributed by atoms with Gasteiger partial charge in [0.25, 0.3) is 11.6 Å². The number of ketones is 1. The van der Waals surface area contributed by atoms with Crippen molar-refractivity contribution in [3.05, 3.63) is 85.4 Å². The number of carbonyl (C=O) groups excluding carboxylic acids is 2. The van der Waals surface area contributed by atoms with Gasteiger partial charge in [0.2, 0.25) is 5.78 Å². The maximum absolute atomic E-state index is 13.4. The highest BCUT2D eigenvalue weighted by Gasteiger charge is 2.40. The second-order valence-electron chi connectivity index (χ2n) is 5.79. The van der Waals surface area contributed by atoms with Crippen LogP contribution in [0.4, 0.5) is 24.0 Å². The molecule has 0 aliphatic rings. The molecule has 30 heavy (non-hydrogen) atoms. The smallest absolute Gasteiger partial charge is 0.298 e. The highest BCUT2D eigenvalue weighted by atomic mass is 35.5. The van der Waals surface area contributed by atoms with Crippen molar-refractivity contribution in [2.45, 2.75) is 6.18 Å². The number of hydrogen-bond donors (Lipinski definition) is 1. The molecule has 0 unspecified atom stereocenters. The quantitative estimate of drug-likeness (QED) is 0.323. The van der Waals surface area contributed by atoms with Crippen LogP contribution in [0, 0.1) is 10.1 Å². The van der Waals surface area contributed by atoms with E-state index in [1.165, 1.54) is 24.3 Å². The Hall–Kier alpha value is -3.31. The van der Waals surface area contributed by atoms with Gasteiger partial charge in [-0.15, -0.1) is 0 Å². The van der Waals surface area contributed by atoms with Crippen molar-refractivity contribution in [3.63, 3.8) is 0 Å². The van der Waals surface area contributed by atoms with Crippen molar-refractivity contribution in [1.29, 1.82) is 0 Å². The summed E-state index contributed by atoms with van der Waals surface area (Å²) in [5.74, 6) is -1.78. The third kappa shape index (κ3) is 4.63. The number of nitro groups is 1. The fourth-order valence-corrected chi connectivity index (χ4v) is 3.52. The second-order valence-corrected chi connectivity index (χ2v) is 7.23. The molecular weight excluding hydrogens is 447 g/mol. The number of carbonyl (C=O) groups is 2. The lowest BCUT2D eigenvalue weighted by Crippen LogP contribution is -2.14. The van der Waals surface area contributed by atoms with E-state index in [-0.39, 0.29) is 21.8 Å². The Morgan fingerprint density at radius 1 is 1.10 bits per heavy atom. The van der Waals surface area contributed by atoms with Crippen molar-refractivity contribution in [3.8, 4) is 0 Å². The highest BCUT2D eigenvalue weighted by molar-refractivity contribution is 7.18. The van der Waals surface area contributed by atoms with Crippen molar-refractivity contribution in [1.82, 2.24) is 4.98 Å². The van der Waals surface area contributed by atoms with Gasteiger partial charge in [0.05, 0.1) is 4.92 Å². The SMILES string of the molecule is O=C(Nc1nc(C(F)(F)F)c(C(=O)c2ccc([N+](=O)[O-])cc2)s1)c1cccc(Cl)c1. The Balaban J connectivity index is 1.94. The Kier molecular flexibility index (Phi) is 5.85. The average Bonchev–Trinajstić information content (AvgIpc) is 3.11. The van der Waals surface area contributed by atoms with E-state index in [1.54, 1.807) is 0 Å². The second kappa shape index (κ2) is 8.20. The van der Waals surface area contributed by atoms with Gasteiger partial charge in [0.1, 0.15) is 4.88 Å². The molecule has 0 spiro atoms. The molecule has 3 aromatic rings. The highest BCUT2D eigenvalue weighted by Crippen LogP contribution is 2.37. The Morgan fingerprint density at radius 2 is 1.77 bits per heavy atom. The monoisotopic (exact) mass is 455 g/mol. The number of nitrogens with one attached hydrogen (secondary N) is 1. The Labute approximate surface area is 175 Å². The van der Waals surface area contributed by atoms with Gasteiger partial charge in [-0.2, -0.15) is 13.2 Å². The van der Waals surface area contributed by atoms with Crippen molar-refractivity contribution in [2.24, 2.45) is 0 Å². The first kappa shape index (κ1) is 21.4. The molecule has 3 rings (SSSR count). The topological polar surface area (TPSA) is 102 Å². The molecule has 1 amide bonds. The summed E-state index contributed by atoms with van der Waals surface area (Å²) < 4.78 is 40.2. The predicted molar refractivity (Wildman–Crippen MR) is 103 cm³/mol. The van der Waals surface area contributed by atoms with Crippen molar-refractivity contribution >= 4 is 45.4 Å². The van der Waals surface area contributed by atoms with Crippen molar-refractivity contribution in [2.75, 3.05) is 5.32 Å². The summed E-state index contributed by atoms with van der Waals surface area (Å²) in [7, 11) is 0. The third-order valence-corrected chi connectivity index (χ3v) is 4.95. The van der Waals surface area contributed by atoms with Gasteiger partial charge in [-0.1, -0.05) is 29.0 Å². The molecule has 0 saturated carbocycles. The summed E-state index contributed by atoms with van der Waals surface area (Å²) in [6, 6.07) is 9.83. The van der Waals surface area contributed by atoms with Gasteiger partial charge in [-0.05, 0) is 30.3 Å². The van der Waals surface area contributed by atoms with Crippen LogP contribution in [0.15, 0.2) is 48.5 Å². The molecule has 1 aromatic heterocycles. The first-order chi connectivity index (χ1) is 14.1. The van der Waals surface area contributed by atoms with E-state index >= 15 is 0 Å². The van der Waals surface area contributed by atoms with E-state index in [0.717, 1.165) is 24.3 Å². The summed E-state index contributed by atoms with van der Waals surface area (Å²) in [6.07, 6.45) is -4.96. The number of benzene rings is 2. The van der Waals surface area contributed by atoms with Gasteiger partial charge in [-0.25, -0.2) is 4.98 Å². The molecule has 0 bridgehead atoms. The molecule has 0 saturated heterocycles. The van der Waals surface area contributed by atoms with Crippen LogP contribution in [0.5, 0.6) is 0 Å². The molecule has 2 aromatic carbocycles. The summed E-state index contributed by atoms with van der Waals surface area (Å²) in [5, 5.41) is 12.7. The maximum Gasteiger partial charge on any atom is 0.435 e. The minimum Gasteiger partial charge on any atom is -0.298 e. The number of aromatic nitrogens is 1. The number of hydrogen-bond acceptors (Lipinski definition) is 6. The van der Waals surface area contributed by atoms with Crippen LogP contribution in [0.25, 0.3) is 0 Å². The summed E-state index contributed by atoms with van der Waals surface area (Å²) in [4.78, 5) is 37.4. The largest absolute Gasteiger partial charge is 0.435 e. The summed E-state index contributed by atoms with van der Waals surface area (Å²) in [5.41, 5.74) is -1.88. The van der Waals surface area contributed by atoms with Gasteiger partial charge in [0, 0.05) is 28.3 Å². The first-order valence-corrected chi connectivity index (χ1v) is 9.20. The zero-order chi connectivity index (χ0) is 22.1. The lowest BCUT2D eigenvalue weighted by atomic mass is 10.1. The third-order valence-electron chi connectivity index (χ3n) is 3.75. The molecule has 154 valence electrons. The number of non-ortho nitro benzene ring substituents is 1. The number of rotatable bonds is 5. The van der Waals surface area contributed by atoms with E-state index in [4.69, 9.17) is 11.6 Å². The van der Waals surface area contributed by atoms with Crippen molar-refractivity contribution < 1.29 is 27.7 Å². The van der Waals surface area contributed by atoms with Crippen LogP contribution in [-0.2, 0) is 6.18 Å². The molecule has 0 aliphatic carbocycles. The number of nitro benzene ring substituents is 1. The molecule has 12 heteroatoms. The zero-order valence-corrected chi connectivity index (χ0v) is 16.1. The molecule has 1 heterocycles. The van der Waals surface area contributed by atoms with Crippen LogP contribution in [0.1, 0.15) is 31.3 Å². The minimum absolute atomic E-state index is 0.0921. The van der Waals surface area contributed by atoms with E-state index in [0.29, 0.717) is 11.3 Å². The summed E-state index contributed by atoms with van der Waals surface area (Å²) >= 11 is 6.14. The number of amides is 1. The Morgan fingerprint density at radius 3 is 2.33 bits per heavy atom. The van der Waals surface area contributed by atoms with Gasteiger partial charge in [-0.3, -0.25) is 25.0 Å². The molecule has 0 atom stereocenters. The normalized spacial score (nSPS) is 11.2. The van der Waals surface area contributed by atoms with Gasteiger partial charge >= 0.3 is 6.18 Å². The molecular formula is C18H9ClF3N3O4S. The lowest BCUT2D eigenvalue weighted by molar-refractivity contribution is -0.384. The number of anilines is 1. The fraction of sp³-hybridized carbons (Fsp3) is 0.0556. The first-order valence-electron chi connectivity index (χ1n) is 8.00. The van der Waals surface area contributed by atoms with Crippen LogP contribution in [0.2, 0.25) is 5.02 Å². The lowest BCUT2D eigenvalue weighted by Gasteiger charge is -2.05. The van der Waals surface area contributed by atoms with Crippen LogP contribution >= 0.6 is 22.9 Å². The van der Waals surface area contributed by atoms with E-state index in [2.05, 4.69) is 10.3 Å². The van der Waals surface area contributed by atoms with Crippen LogP contribution in [-0.4, -0.2) is 21.6 Å². The number of halogens is 4. The van der Waals surface area contributed by atoms with E-state index in [9.17, 15) is 32.9 Å². The van der Waals surface area contributed by atoms with Crippen LogP contribution < -0.4 is 5.32 Å². The fourth-order valence-electron chi connectivity index (χ4n) is 2.38. The summed E-state index contributed by atoms with van der Waals surface area (Å²) in [6.45, 7) is 0. The molecule has 7 nitrogen and oxygen atoms in total. The molecule has 1 N–H and O–H groups in total. The maximum atomic E-state index is 13.4. The molecule has 0 fully saturated rings. The van der Waals surface area contributed by atoms with E-state index < -0.39 is 38.5 Å². The number of nitrogens with zero attached hydrogens (tertiary/aromatic N) is 2. The zero-order valence-electron chi connectivity index (χ0n) is 14.6. The molecule has 0 aliphatic heterocycles. The standard InChI is InChI=1S/C18H9ClF3N3O4S/c19-11-3-1-2-10(8-11)16(27)24-17-23-15(18(20,21)22)14(30-17)13(26)9-4-6-12(7-5-9)25(28)29/h1-8H,(H,23,24,27). The minimum atomic E-state index is -4.96. The average molecular weight is 456 g/mol. The van der Waals surface area contributed by atoms with Gasteiger partial charge in [0.15, 0.2) is 10.8 Å². The number of alkyl halides is 3. The number of thiazole rings is 1. The van der Waals surface area contributed by atoms with Gasteiger partial charge < -0.3 is 0 Å². The molecule has 0 radical (unpaired) electrons. The Bertz CT molecular complexity index is 1150. The van der Waals surface area contributed by atoms with Crippen LogP contribution in [0.3, 0.4) is 0 Å². The van der Waals surface area contributed by atoms with E-state index in [1.807, 2.05) is 0 Å². The predicted octanol–water partition coefficient (Wildman–Crippen LogP) is 5.21.